The number of aryl methyl sites for hydroxylation is 1. The molecule has 1 aromatic rings. The van der Waals surface area contributed by atoms with Gasteiger partial charge < -0.3 is 15.5 Å². The molecule has 2 heterocycles. The zero-order valence-corrected chi connectivity index (χ0v) is 14.0. The average Bonchev–Trinajstić information content (AvgIpc) is 2.91. The van der Waals surface area contributed by atoms with E-state index in [0.717, 1.165) is 44.6 Å². The van der Waals surface area contributed by atoms with Crippen LogP contribution in [-0.4, -0.2) is 58.9 Å². The third kappa shape index (κ3) is 5.42. The molecule has 0 unspecified atom stereocenters. The summed E-state index contributed by atoms with van der Waals surface area (Å²) < 4.78 is 1.91. The van der Waals surface area contributed by atoms with Crippen LogP contribution in [0.25, 0.3) is 0 Å². The van der Waals surface area contributed by atoms with Gasteiger partial charge in [0.1, 0.15) is 0 Å². The van der Waals surface area contributed by atoms with E-state index in [-0.39, 0.29) is 11.9 Å². The summed E-state index contributed by atoms with van der Waals surface area (Å²) in [4.78, 5) is 14.4. The first-order valence-corrected chi connectivity index (χ1v) is 8.31. The Labute approximate surface area is 133 Å². The van der Waals surface area contributed by atoms with E-state index in [1.165, 1.54) is 0 Å². The Kier molecular flexibility index (Phi) is 6.39. The molecule has 6 heteroatoms. The standard InChI is InChI=1S/C16H29N5O/c1-4-20-7-5-15(6-8-20)19-16(22)10-17-14(3)12-21-11-13(2)9-18-21/h9,11,14-15,17H,4-8,10,12H2,1-3H3,(H,19,22)/t14-/m1/s1. The lowest BCUT2D eigenvalue weighted by Gasteiger charge is -2.31. The van der Waals surface area contributed by atoms with Crippen LogP contribution in [0.5, 0.6) is 0 Å². The van der Waals surface area contributed by atoms with E-state index in [9.17, 15) is 4.79 Å². The molecule has 1 aliphatic heterocycles. The number of nitrogens with zero attached hydrogens (tertiary/aromatic N) is 3. The summed E-state index contributed by atoms with van der Waals surface area (Å²) in [7, 11) is 0. The lowest BCUT2D eigenvalue weighted by molar-refractivity contribution is -0.121. The van der Waals surface area contributed by atoms with Gasteiger partial charge >= 0.3 is 0 Å². The Morgan fingerprint density at radius 2 is 2.18 bits per heavy atom. The van der Waals surface area contributed by atoms with E-state index in [4.69, 9.17) is 0 Å². The maximum absolute atomic E-state index is 12.0. The largest absolute Gasteiger partial charge is 0.352 e. The quantitative estimate of drug-likeness (QED) is 0.781. The second kappa shape index (κ2) is 8.29. The van der Waals surface area contributed by atoms with Crippen molar-refractivity contribution in [3.63, 3.8) is 0 Å². The lowest BCUT2D eigenvalue weighted by Crippen LogP contribution is -2.47. The highest BCUT2D eigenvalue weighted by Gasteiger charge is 2.19. The van der Waals surface area contributed by atoms with Gasteiger partial charge in [-0.3, -0.25) is 9.48 Å². The van der Waals surface area contributed by atoms with E-state index in [0.29, 0.717) is 12.6 Å². The Morgan fingerprint density at radius 3 is 2.77 bits per heavy atom. The van der Waals surface area contributed by atoms with Crippen LogP contribution in [0.1, 0.15) is 32.3 Å². The van der Waals surface area contributed by atoms with Crippen molar-refractivity contribution in [1.29, 1.82) is 0 Å². The maximum atomic E-state index is 12.0. The van der Waals surface area contributed by atoms with Gasteiger partial charge in [0.25, 0.3) is 0 Å². The number of aromatic nitrogens is 2. The Balaban J connectivity index is 1.63. The minimum absolute atomic E-state index is 0.0958. The van der Waals surface area contributed by atoms with Gasteiger partial charge in [-0.2, -0.15) is 5.10 Å². The molecule has 1 saturated heterocycles. The van der Waals surface area contributed by atoms with Crippen LogP contribution < -0.4 is 10.6 Å². The number of piperidine rings is 1. The third-order valence-corrected chi connectivity index (χ3v) is 4.23. The van der Waals surface area contributed by atoms with Crippen LogP contribution in [0.4, 0.5) is 0 Å². The molecular weight excluding hydrogens is 278 g/mol. The number of carbonyl (C=O) groups excluding carboxylic acids is 1. The molecule has 0 radical (unpaired) electrons. The maximum Gasteiger partial charge on any atom is 0.234 e. The lowest BCUT2D eigenvalue weighted by atomic mass is 10.1. The number of likely N-dealkylation sites (tertiary alicyclic amines) is 1. The van der Waals surface area contributed by atoms with Gasteiger partial charge in [-0.05, 0) is 38.8 Å². The first-order chi connectivity index (χ1) is 10.6. The average molecular weight is 307 g/mol. The van der Waals surface area contributed by atoms with Gasteiger partial charge in [0.15, 0.2) is 0 Å². The smallest absolute Gasteiger partial charge is 0.234 e. The van der Waals surface area contributed by atoms with Crippen LogP contribution >= 0.6 is 0 Å². The van der Waals surface area contributed by atoms with E-state index < -0.39 is 0 Å². The Morgan fingerprint density at radius 1 is 1.45 bits per heavy atom. The molecule has 2 rings (SSSR count). The SMILES string of the molecule is CCN1CCC(NC(=O)CN[C@H](C)Cn2cc(C)cn2)CC1. The molecule has 1 atom stereocenters. The highest BCUT2D eigenvalue weighted by Crippen LogP contribution is 2.09. The topological polar surface area (TPSA) is 62.2 Å². The van der Waals surface area contributed by atoms with E-state index >= 15 is 0 Å². The van der Waals surface area contributed by atoms with Crippen LogP contribution in [0.2, 0.25) is 0 Å². The number of amides is 1. The summed E-state index contributed by atoms with van der Waals surface area (Å²) in [6.07, 6.45) is 5.98. The van der Waals surface area contributed by atoms with E-state index in [1.54, 1.807) is 0 Å². The molecule has 124 valence electrons. The summed E-state index contributed by atoms with van der Waals surface area (Å²) in [5.41, 5.74) is 1.16. The Hall–Kier alpha value is -1.40. The van der Waals surface area contributed by atoms with Crippen molar-refractivity contribution in [1.82, 2.24) is 25.3 Å². The molecule has 22 heavy (non-hydrogen) atoms. The summed E-state index contributed by atoms with van der Waals surface area (Å²) in [5.74, 6) is 0.0958. The molecule has 0 spiro atoms. The Bertz CT molecular complexity index is 465. The summed E-state index contributed by atoms with van der Waals surface area (Å²) in [5, 5.41) is 10.7. The number of hydrogen-bond acceptors (Lipinski definition) is 4. The first kappa shape index (κ1) is 17.0. The predicted octanol–water partition coefficient (Wildman–Crippen LogP) is 0.770. The van der Waals surface area contributed by atoms with Gasteiger partial charge in [-0.1, -0.05) is 6.92 Å². The zero-order chi connectivity index (χ0) is 15.9. The van der Waals surface area contributed by atoms with E-state index in [1.807, 2.05) is 24.0 Å². The van der Waals surface area contributed by atoms with Crippen LogP contribution in [0, 0.1) is 6.92 Å². The summed E-state index contributed by atoms with van der Waals surface area (Å²) >= 11 is 0. The minimum atomic E-state index is 0.0958. The number of nitrogens with one attached hydrogen (secondary N) is 2. The summed E-state index contributed by atoms with van der Waals surface area (Å²) in [6, 6.07) is 0.549. The number of carbonyl (C=O) groups is 1. The van der Waals surface area contributed by atoms with Gasteiger partial charge in [0.05, 0.1) is 19.3 Å². The van der Waals surface area contributed by atoms with Crippen molar-refractivity contribution in [3.05, 3.63) is 18.0 Å². The van der Waals surface area contributed by atoms with Crippen molar-refractivity contribution >= 4 is 5.91 Å². The van der Waals surface area contributed by atoms with Crippen molar-refractivity contribution in [2.75, 3.05) is 26.2 Å². The molecule has 1 fully saturated rings. The van der Waals surface area contributed by atoms with Crippen molar-refractivity contribution in [2.24, 2.45) is 0 Å². The van der Waals surface area contributed by atoms with E-state index in [2.05, 4.69) is 34.5 Å². The molecule has 6 nitrogen and oxygen atoms in total. The number of rotatable bonds is 7. The molecule has 0 aromatic carbocycles. The van der Waals surface area contributed by atoms with Gasteiger partial charge in [-0.25, -0.2) is 0 Å². The highest BCUT2D eigenvalue weighted by atomic mass is 16.2. The molecular formula is C16H29N5O. The van der Waals surface area contributed by atoms with Crippen molar-refractivity contribution < 1.29 is 4.79 Å². The van der Waals surface area contributed by atoms with Gasteiger partial charge in [0.2, 0.25) is 5.91 Å². The molecule has 1 aliphatic rings. The van der Waals surface area contributed by atoms with Gasteiger partial charge in [-0.15, -0.1) is 0 Å². The van der Waals surface area contributed by atoms with Crippen molar-refractivity contribution in [3.8, 4) is 0 Å². The fraction of sp³-hybridized carbons (Fsp3) is 0.750. The van der Waals surface area contributed by atoms with Crippen LogP contribution in [0.3, 0.4) is 0 Å². The fourth-order valence-corrected chi connectivity index (χ4v) is 2.85. The zero-order valence-electron chi connectivity index (χ0n) is 14.0. The summed E-state index contributed by atoms with van der Waals surface area (Å²) in [6.45, 7) is 10.7. The molecule has 1 aromatic heterocycles. The third-order valence-electron chi connectivity index (χ3n) is 4.23. The number of hydrogen-bond donors (Lipinski definition) is 2. The fourth-order valence-electron chi connectivity index (χ4n) is 2.85. The molecule has 2 N–H and O–H groups in total. The van der Waals surface area contributed by atoms with Crippen molar-refractivity contribution in [2.45, 2.75) is 52.2 Å². The normalized spacial score (nSPS) is 18.3. The molecule has 0 bridgehead atoms. The van der Waals surface area contributed by atoms with Crippen LogP contribution in [-0.2, 0) is 11.3 Å². The second-order valence-electron chi connectivity index (χ2n) is 6.30. The molecule has 0 aliphatic carbocycles. The van der Waals surface area contributed by atoms with Gasteiger partial charge in [0, 0.05) is 31.4 Å². The molecule has 1 amide bonds. The predicted molar refractivity (Wildman–Crippen MR) is 87.7 cm³/mol. The highest BCUT2D eigenvalue weighted by molar-refractivity contribution is 5.78. The first-order valence-electron chi connectivity index (χ1n) is 8.31. The van der Waals surface area contributed by atoms with Crippen LogP contribution in [0.15, 0.2) is 12.4 Å². The monoisotopic (exact) mass is 307 g/mol. The second-order valence-corrected chi connectivity index (χ2v) is 6.30. The molecule has 0 saturated carbocycles. The minimum Gasteiger partial charge on any atom is -0.352 e.